The van der Waals surface area contributed by atoms with Crippen LogP contribution in [0.15, 0.2) is 54.7 Å². The molecule has 0 N–H and O–H groups in total. The number of piperidine rings is 1. The van der Waals surface area contributed by atoms with E-state index in [-0.39, 0.29) is 0 Å². The maximum Gasteiger partial charge on any atom is 0.119 e. The van der Waals surface area contributed by atoms with Crippen molar-refractivity contribution in [1.29, 1.82) is 5.26 Å². The molecule has 0 aliphatic carbocycles. The van der Waals surface area contributed by atoms with Gasteiger partial charge < -0.3 is 9.30 Å². The van der Waals surface area contributed by atoms with E-state index in [0.717, 1.165) is 41.9 Å². The number of ether oxygens (including phenoxy) is 1. The molecule has 2 heterocycles. The van der Waals surface area contributed by atoms with Crippen molar-refractivity contribution in [2.45, 2.75) is 25.8 Å². The van der Waals surface area contributed by atoms with Gasteiger partial charge in [0.2, 0.25) is 0 Å². The van der Waals surface area contributed by atoms with Gasteiger partial charge in [0.1, 0.15) is 18.4 Å². The number of benzene rings is 2. The molecule has 0 saturated carbocycles. The summed E-state index contributed by atoms with van der Waals surface area (Å²) in [4.78, 5) is 2.49. The van der Waals surface area contributed by atoms with Crippen molar-refractivity contribution < 1.29 is 4.74 Å². The smallest absolute Gasteiger partial charge is 0.119 e. The molecule has 1 aromatic heterocycles. The molecular weight excluding hydrogens is 334 g/mol. The quantitative estimate of drug-likeness (QED) is 0.654. The first-order valence-electron chi connectivity index (χ1n) is 9.75. The average Bonchev–Trinajstić information content (AvgIpc) is 3.08. The summed E-state index contributed by atoms with van der Waals surface area (Å²) in [6, 6.07) is 18.7. The van der Waals surface area contributed by atoms with Crippen molar-refractivity contribution in [3.63, 3.8) is 0 Å². The van der Waals surface area contributed by atoms with E-state index >= 15 is 0 Å². The number of rotatable bonds is 6. The Kier molecular flexibility index (Phi) is 5.41. The van der Waals surface area contributed by atoms with Gasteiger partial charge in [-0.05, 0) is 49.7 Å². The predicted molar refractivity (Wildman–Crippen MR) is 108 cm³/mol. The van der Waals surface area contributed by atoms with Gasteiger partial charge in [-0.3, -0.25) is 4.90 Å². The molecule has 0 amide bonds. The Hall–Kier alpha value is -2.77. The van der Waals surface area contributed by atoms with Crippen LogP contribution in [0.25, 0.3) is 10.9 Å². The fraction of sp³-hybridized carbons (Fsp3) is 0.348. The fourth-order valence-electron chi connectivity index (χ4n) is 3.83. The van der Waals surface area contributed by atoms with E-state index in [0.29, 0.717) is 0 Å². The molecule has 4 nitrogen and oxygen atoms in total. The van der Waals surface area contributed by atoms with Crippen molar-refractivity contribution in [1.82, 2.24) is 9.47 Å². The maximum atomic E-state index is 9.34. The molecule has 138 valence electrons. The molecule has 0 unspecified atom stereocenters. The summed E-state index contributed by atoms with van der Waals surface area (Å²) in [6.07, 6.45) is 5.94. The van der Waals surface area contributed by atoms with Gasteiger partial charge in [-0.2, -0.15) is 5.26 Å². The van der Waals surface area contributed by atoms with Crippen LogP contribution < -0.4 is 4.74 Å². The first-order chi connectivity index (χ1) is 13.3. The van der Waals surface area contributed by atoms with Crippen molar-refractivity contribution in [3.05, 3.63) is 65.9 Å². The van der Waals surface area contributed by atoms with Crippen LogP contribution in [0.5, 0.6) is 5.75 Å². The van der Waals surface area contributed by atoms with Gasteiger partial charge in [0.15, 0.2) is 0 Å². The summed E-state index contributed by atoms with van der Waals surface area (Å²) in [5.74, 6) is 0.922. The number of aromatic nitrogens is 1. The summed E-state index contributed by atoms with van der Waals surface area (Å²) >= 11 is 0. The second-order valence-electron chi connectivity index (χ2n) is 7.19. The number of nitrogens with zero attached hydrogens (tertiary/aromatic N) is 3. The number of para-hydroxylation sites is 1. The SMILES string of the molecule is N#Cc1cn(Cc2ccc(OCCN3CCCCC3)cc2)c2ccccc12. The van der Waals surface area contributed by atoms with E-state index in [9.17, 15) is 5.26 Å². The lowest BCUT2D eigenvalue weighted by atomic mass is 10.1. The summed E-state index contributed by atoms with van der Waals surface area (Å²) < 4.78 is 8.05. The lowest BCUT2D eigenvalue weighted by molar-refractivity contribution is 0.183. The van der Waals surface area contributed by atoms with E-state index in [1.807, 2.05) is 36.5 Å². The molecule has 4 heteroatoms. The summed E-state index contributed by atoms with van der Waals surface area (Å²) in [7, 11) is 0. The van der Waals surface area contributed by atoms with Crippen LogP contribution in [0.3, 0.4) is 0 Å². The van der Waals surface area contributed by atoms with E-state index in [1.54, 1.807) is 0 Å². The Bertz CT molecular complexity index is 930. The molecule has 2 aromatic carbocycles. The highest BCUT2D eigenvalue weighted by Gasteiger charge is 2.10. The highest BCUT2D eigenvalue weighted by molar-refractivity contribution is 5.86. The van der Waals surface area contributed by atoms with Gasteiger partial charge in [0.05, 0.1) is 5.56 Å². The number of hydrogen-bond acceptors (Lipinski definition) is 3. The van der Waals surface area contributed by atoms with Gasteiger partial charge in [-0.15, -0.1) is 0 Å². The van der Waals surface area contributed by atoms with Gasteiger partial charge in [0, 0.05) is 30.2 Å². The first-order valence-corrected chi connectivity index (χ1v) is 9.75. The van der Waals surface area contributed by atoms with E-state index in [2.05, 4.69) is 33.7 Å². The number of nitriles is 1. The Morgan fingerprint density at radius 1 is 0.963 bits per heavy atom. The monoisotopic (exact) mass is 359 g/mol. The van der Waals surface area contributed by atoms with Gasteiger partial charge in [-0.25, -0.2) is 0 Å². The average molecular weight is 359 g/mol. The summed E-state index contributed by atoms with van der Waals surface area (Å²) in [5.41, 5.74) is 3.02. The number of hydrogen-bond donors (Lipinski definition) is 0. The largest absolute Gasteiger partial charge is 0.492 e. The van der Waals surface area contributed by atoms with Gasteiger partial charge >= 0.3 is 0 Å². The maximum absolute atomic E-state index is 9.34. The lowest BCUT2D eigenvalue weighted by Gasteiger charge is -2.26. The van der Waals surface area contributed by atoms with E-state index < -0.39 is 0 Å². The van der Waals surface area contributed by atoms with Crippen LogP contribution in [-0.4, -0.2) is 35.7 Å². The van der Waals surface area contributed by atoms with Gasteiger partial charge in [0.25, 0.3) is 0 Å². The molecule has 0 radical (unpaired) electrons. The van der Waals surface area contributed by atoms with Crippen molar-refractivity contribution in [3.8, 4) is 11.8 Å². The highest BCUT2D eigenvalue weighted by Crippen LogP contribution is 2.22. The third-order valence-electron chi connectivity index (χ3n) is 5.31. The Morgan fingerprint density at radius 2 is 1.74 bits per heavy atom. The minimum absolute atomic E-state index is 0.725. The molecule has 0 atom stereocenters. The molecular formula is C23H25N3O. The normalized spacial score (nSPS) is 14.9. The van der Waals surface area contributed by atoms with Crippen LogP contribution in [0, 0.1) is 11.3 Å². The van der Waals surface area contributed by atoms with Crippen LogP contribution in [0.1, 0.15) is 30.4 Å². The molecule has 1 aliphatic rings. The molecule has 4 rings (SSSR count). The van der Waals surface area contributed by atoms with Crippen molar-refractivity contribution in [2.24, 2.45) is 0 Å². The Labute approximate surface area is 160 Å². The lowest BCUT2D eigenvalue weighted by Crippen LogP contribution is -2.33. The minimum Gasteiger partial charge on any atom is -0.492 e. The molecule has 0 bridgehead atoms. The van der Waals surface area contributed by atoms with Crippen molar-refractivity contribution in [2.75, 3.05) is 26.2 Å². The van der Waals surface area contributed by atoms with Crippen LogP contribution in [0.4, 0.5) is 0 Å². The fourth-order valence-corrected chi connectivity index (χ4v) is 3.83. The second kappa shape index (κ2) is 8.28. The van der Waals surface area contributed by atoms with Crippen LogP contribution >= 0.6 is 0 Å². The zero-order valence-corrected chi connectivity index (χ0v) is 15.6. The van der Waals surface area contributed by atoms with Crippen LogP contribution in [0.2, 0.25) is 0 Å². The highest BCUT2D eigenvalue weighted by atomic mass is 16.5. The number of likely N-dealkylation sites (tertiary alicyclic amines) is 1. The molecule has 0 spiro atoms. The first kappa shape index (κ1) is 17.6. The Balaban J connectivity index is 1.37. The molecule has 1 saturated heterocycles. The molecule has 1 aliphatic heterocycles. The zero-order chi connectivity index (χ0) is 18.5. The zero-order valence-electron chi connectivity index (χ0n) is 15.6. The van der Waals surface area contributed by atoms with Crippen molar-refractivity contribution >= 4 is 10.9 Å². The number of fused-ring (bicyclic) bond motifs is 1. The third-order valence-corrected chi connectivity index (χ3v) is 5.31. The molecule has 27 heavy (non-hydrogen) atoms. The third kappa shape index (κ3) is 4.15. The molecule has 1 fully saturated rings. The standard InChI is InChI=1S/C23H25N3O/c24-16-20-18-26(23-7-3-2-6-22(20)23)17-19-8-10-21(11-9-19)27-15-14-25-12-4-1-5-13-25/h2-3,6-11,18H,1,4-5,12-15,17H2. The van der Waals surface area contributed by atoms with Gasteiger partial charge in [-0.1, -0.05) is 36.8 Å². The summed E-state index contributed by atoms with van der Waals surface area (Å²) in [6.45, 7) is 4.91. The Morgan fingerprint density at radius 3 is 2.52 bits per heavy atom. The van der Waals surface area contributed by atoms with E-state index in [1.165, 1.54) is 37.9 Å². The minimum atomic E-state index is 0.725. The van der Waals surface area contributed by atoms with E-state index in [4.69, 9.17) is 4.74 Å². The topological polar surface area (TPSA) is 41.2 Å². The summed E-state index contributed by atoms with van der Waals surface area (Å²) in [5, 5.41) is 10.4. The second-order valence-corrected chi connectivity index (χ2v) is 7.19. The molecule has 3 aromatic rings. The van der Waals surface area contributed by atoms with Crippen LogP contribution in [-0.2, 0) is 6.54 Å². The predicted octanol–water partition coefficient (Wildman–Crippen LogP) is 4.43.